The van der Waals surface area contributed by atoms with Gasteiger partial charge in [0, 0.05) is 36.1 Å². The Hall–Kier alpha value is -3.26. The van der Waals surface area contributed by atoms with Crippen LogP contribution in [-0.4, -0.2) is 53.0 Å². The lowest BCUT2D eigenvalue weighted by molar-refractivity contribution is -0.223. The number of phosphoric acid groups is 1. The highest BCUT2D eigenvalue weighted by molar-refractivity contribution is 7.44. The van der Waals surface area contributed by atoms with Crippen molar-refractivity contribution in [2.24, 2.45) is 0 Å². The van der Waals surface area contributed by atoms with E-state index in [-0.39, 0.29) is 17.8 Å². The molecule has 0 radical (unpaired) electrons. The lowest BCUT2D eigenvalue weighted by Gasteiger charge is -2.34. The number of aromatic nitrogens is 6. The largest absolute Gasteiger partial charge is 0.756 e. The molecule has 0 saturated heterocycles. The Bertz CT molecular complexity index is 1430. The number of rotatable bonds is 10. The van der Waals surface area contributed by atoms with E-state index in [4.69, 9.17) is 14.7 Å². The average molecular weight is 545 g/mol. The Balaban J connectivity index is 1.32. The molecule has 4 aromatic heterocycles. The number of anilines is 1. The molecule has 2 N–H and O–H groups in total. The van der Waals surface area contributed by atoms with E-state index in [1.165, 1.54) is 28.4 Å². The molecule has 4 heterocycles. The van der Waals surface area contributed by atoms with Crippen LogP contribution in [0.1, 0.15) is 36.3 Å². The Kier molecular flexibility index (Phi) is 7.29. The third kappa shape index (κ3) is 6.01. The highest BCUT2D eigenvalue weighted by Gasteiger charge is 2.32. The van der Waals surface area contributed by atoms with Crippen molar-refractivity contribution in [2.45, 2.75) is 38.6 Å². The number of nitrogens with one attached hydrogen (secondary N) is 1. The Morgan fingerprint density at radius 2 is 2.19 bits per heavy atom. The SMILES string of the molecule is CCOC1CC(n2cc(NC(=O)c3csc(-c4cnn(COP(=O)([O-])O)c4)n3)c(-c3ccccn3)n2)C1. The van der Waals surface area contributed by atoms with Gasteiger partial charge < -0.3 is 19.8 Å². The molecular weight excluding hydrogens is 521 g/mol. The molecule has 5 rings (SSSR count). The van der Waals surface area contributed by atoms with Gasteiger partial charge >= 0.3 is 0 Å². The molecule has 194 valence electrons. The molecule has 1 aliphatic rings. The monoisotopic (exact) mass is 544 g/mol. The van der Waals surface area contributed by atoms with Crippen molar-refractivity contribution in [3.05, 3.63) is 54.1 Å². The van der Waals surface area contributed by atoms with E-state index in [2.05, 4.69) is 24.9 Å². The number of carbonyl (C=O) groups excluding carboxylic acids is 1. The van der Waals surface area contributed by atoms with E-state index in [9.17, 15) is 14.3 Å². The van der Waals surface area contributed by atoms with Gasteiger partial charge in [-0.1, -0.05) is 6.07 Å². The van der Waals surface area contributed by atoms with Gasteiger partial charge in [-0.2, -0.15) is 10.2 Å². The van der Waals surface area contributed by atoms with Gasteiger partial charge in [0.05, 0.1) is 29.7 Å². The van der Waals surface area contributed by atoms with Gasteiger partial charge in [0.15, 0.2) is 0 Å². The fourth-order valence-corrected chi connectivity index (χ4v) is 4.90. The summed E-state index contributed by atoms with van der Waals surface area (Å²) in [6.45, 7) is 2.16. The third-order valence-electron chi connectivity index (χ3n) is 5.70. The van der Waals surface area contributed by atoms with Gasteiger partial charge in [0.25, 0.3) is 13.7 Å². The molecular formula is C22H23N7O6PS-. The first-order valence-corrected chi connectivity index (χ1v) is 13.8. The van der Waals surface area contributed by atoms with E-state index in [1.54, 1.807) is 11.6 Å². The molecule has 1 atom stereocenters. The van der Waals surface area contributed by atoms with Crippen LogP contribution < -0.4 is 10.2 Å². The first-order valence-electron chi connectivity index (χ1n) is 11.4. The quantitative estimate of drug-likeness (QED) is 0.283. The number of ether oxygens (including phenoxy) is 1. The van der Waals surface area contributed by atoms with Gasteiger partial charge in [-0.3, -0.25) is 23.5 Å². The fraction of sp³-hybridized carbons (Fsp3) is 0.318. The zero-order valence-corrected chi connectivity index (χ0v) is 21.3. The number of pyridine rings is 1. The zero-order valence-electron chi connectivity index (χ0n) is 19.6. The Labute approximate surface area is 215 Å². The van der Waals surface area contributed by atoms with E-state index in [1.807, 2.05) is 36.0 Å². The zero-order chi connectivity index (χ0) is 26.0. The first kappa shape index (κ1) is 25.4. The Morgan fingerprint density at radius 1 is 1.35 bits per heavy atom. The van der Waals surface area contributed by atoms with Crippen molar-refractivity contribution >= 4 is 30.8 Å². The van der Waals surface area contributed by atoms with Crippen LogP contribution in [0, 0.1) is 0 Å². The Morgan fingerprint density at radius 3 is 2.92 bits per heavy atom. The third-order valence-corrected chi connectivity index (χ3v) is 7.04. The molecule has 1 fully saturated rings. The van der Waals surface area contributed by atoms with Gasteiger partial charge in [0.1, 0.15) is 23.1 Å². The summed E-state index contributed by atoms with van der Waals surface area (Å²) in [5, 5.41) is 13.7. The lowest BCUT2D eigenvalue weighted by Crippen LogP contribution is -2.33. The lowest BCUT2D eigenvalue weighted by atomic mass is 9.89. The molecule has 1 unspecified atom stereocenters. The van der Waals surface area contributed by atoms with Crippen LogP contribution in [0.4, 0.5) is 5.69 Å². The first-order chi connectivity index (χ1) is 17.8. The predicted molar refractivity (Wildman–Crippen MR) is 131 cm³/mol. The predicted octanol–water partition coefficient (Wildman–Crippen LogP) is 2.69. The number of carbonyl (C=O) groups is 1. The number of thiazole rings is 1. The smallest absolute Gasteiger partial charge is 0.275 e. The molecule has 1 saturated carbocycles. The summed E-state index contributed by atoms with van der Waals surface area (Å²) >= 11 is 1.23. The standard InChI is InChI=1S/C22H24N7O6PS/c1-2-34-16-7-15(8-16)29-11-18(20(27-29)17-5-3-4-6-23-17)25-21(30)19-12-37-22(26-19)14-9-24-28(10-14)13-35-36(31,32)33/h3-6,9-12,15-16H,2,7-8,13H2,1H3,(H,25,30)(H2,31,32,33)/p-1. The van der Waals surface area contributed by atoms with Crippen LogP contribution in [0.5, 0.6) is 0 Å². The second-order valence-electron chi connectivity index (χ2n) is 8.28. The van der Waals surface area contributed by atoms with Crippen molar-refractivity contribution in [2.75, 3.05) is 11.9 Å². The summed E-state index contributed by atoms with van der Waals surface area (Å²) < 4.78 is 23.8. The van der Waals surface area contributed by atoms with Crippen LogP contribution in [-0.2, 0) is 20.6 Å². The minimum atomic E-state index is -4.87. The summed E-state index contributed by atoms with van der Waals surface area (Å²) in [6, 6.07) is 5.68. The molecule has 1 aliphatic carbocycles. The van der Waals surface area contributed by atoms with Crippen molar-refractivity contribution in [1.29, 1.82) is 0 Å². The molecule has 0 bridgehead atoms. The van der Waals surface area contributed by atoms with E-state index in [0.29, 0.717) is 34.3 Å². The molecule has 15 heteroatoms. The van der Waals surface area contributed by atoms with Crippen LogP contribution in [0.2, 0.25) is 0 Å². The summed E-state index contributed by atoms with van der Waals surface area (Å²) in [5.74, 6) is -0.414. The number of hydrogen-bond acceptors (Lipinski definition) is 10. The van der Waals surface area contributed by atoms with Crippen LogP contribution in [0.25, 0.3) is 22.0 Å². The van der Waals surface area contributed by atoms with E-state index in [0.717, 1.165) is 12.8 Å². The molecule has 1 amide bonds. The molecule has 0 spiro atoms. The molecule has 37 heavy (non-hydrogen) atoms. The number of hydrogen-bond donors (Lipinski definition) is 2. The highest BCUT2D eigenvalue weighted by atomic mass is 32.1. The van der Waals surface area contributed by atoms with Gasteiger partial charge in [-0.05, 0) is 31.9 Å². The normalized spacial score (nSPS) is 18.8. The number of amides is 1. The van der Waals surface area contributed by atoms with Crippen molar-refractivity contribution < 1.29 is 28.4 Å². The highest BCUT2D eigenvalue weighted by Crippen LogP contribution is 2.37. The van der Waals surface area contributed by atoms with Crippen molar-refractivity contribution in [1.82, 2.24) is 29.5 Å². The minimum absolute atomic E-state index is 0.178. The average Bonchev–Trinajstić information content (AvgIpc) is 3.59. The molecule has 0 aliphatic heterocycles. The van der Waals surface area contributed by atoms with E-state index < -0.39 is 20.5 Å². The summed E-state index contributed by atoms with van der Waals surface area (Å²) in [4.78, 5) is 41.4. The van der Waals surface area contributed by atoms with Crippen molar-refractivity contribution in [3.8, 4) is 22.0 Å². The van der Waals surface area contributed by atoms with Crippen molar-refractivity contribution in [3.63, 3.8) is 0 Å². The topological polar surface area (TPSA) is 169 Å². The molecule has 13 nitrogen and oxygen atoms in total. The maximum absolute atomic E-state index is 13.1. The van der Waals surface area contributed by atoms with Gasteiger partial charge in [-0.25, -0.2) is 9.67 Å². The van der Waals surface area contributed by atoms with Crippen LogP contribution in [0.3, 0.4) is 0 Å². The maximum Gasteiger partial charge on any atom is 0.275 e. The van der Waals surface area contributed by atoms with Crippen LogP contribution >= 0.6 is 19.2 Å². The van der Waals surface area contributed by atoms with E-state index >= 15 is 0 Å². The van der Waals surface area contributed by atoms with Gasteiger partial charge in [0.2, 0.25) is 0 Å². The summed E-state index contributed by atoms with van der Waals surface area (Å²) in [7, 11) is -4.87. The summed E-state index contributed by atoms with van der Waals surface area (Å²) in [5.41, 5.74) is 2.47. The number of phosphoric ester groups is 1. The second-order valence-corrected chi connectivity index (χ2v) is 10.3. The summed E-state index contributed by atoms with van der Waals surface area (Å²) in [6.07, 6.45) is 8.34. The van der Waals surface area contributed by atoms with Crippen LogP contribution in [0.15, 0.2) is 48.4 Å². The second kappa shape index (κ2) is 10.6. The maximum atomic E-state index is 13.1. The van der Waals surface area contributed by atoms with Gasteiger partial charge in [-0.15, -0.1) is 11.3 Å². The fourth-order valence-electron chi connectivity index (χ4n) is 3.86. The molecule has 4 aromatic rings. The minimum Gasteiger partial charge on any atom is -0.756 e. The molecule has 0 aromatic carbocycles. The number of nitrogens with zero attached hydrogens (tertiary/aromatic N) is 6.